The molecule has 0 bridgehead atoms. The molecular weight excluding hydrogens is 332 g/mol. The number of aliphatic hydroxyl groups excluding tert-OH is 1. The molecule has 4 aliphatic rings. The maximum atomic E-state index is 13.3. The summed E-state index contributed by atoms with van der Waals surface area (Å²) in [5.74, 6) is -0.0539. The van der Waals surface area contributed by atoms with Crippen LogP contribution in [0.4, 0.5) is 0 Å². The Labute approximate surface area is 155 Å². The van der Waals surface area contributed by atoms with Gasteiger partial charge in [0.1, 0.15) is 6.10 Å². The van der Waals surface area contributed by atoms with Gasteiger partial charge in [-0.1, -0.05) is 26.3 Å². The Bertz CT molecular complexity index is 684. The second kappa shape index (κ2) is 5.65. The number of allylic oxidation sites excluding steroid dienone is 2. The van der Waals surface area contributed by atoms with Crippen molar-refractivity contribution in [3.63, 3.8) is 0 Å². The van der Waals surface area contributed by atoms with E-state index in [-0.39, 0.29) is 47.6 Å². The first kappa shape index (κ1) is 18.2. The van der Waals surface area contributed by atoms with Crippen LogP contribution in [0.2, 0.25) is 0 Å². The highest BCUT2D eigenvalue weighted by Crippen LogP contribution is 2.67. The van der Waals surface area contributed by atoms with Crippen LogP contribution < -0.4 is 0 Å². The number of carbonyl (C=O) groups excluding carboxylic acids is 2. The molecule has 0 radical (unpaired) electrons. The number of fused-ring (bicyclic) bond motifs is 2. The normalized spacial score (nSPS) is 53.3. The molecule has 5 heteroatoms. The van der Waals surface area contributed by atoms with Gasteiger partial charge in [0.25, 0.3) is 0 Å². The molecule has 4 rings (SSSR count). The van der Waals surface area contributed by atoms with Crippen molar-refractivity contribution in [1.82, 2.24) is 0 Å². The van der Waals surface area contributed by atoms with Crippen molar-refractivity contribution in [2.24, 2.45) is 34.5 Å². The number of methoxy groups -OCH3 is 1. The lowest BCUT2D eigenvalue weighted by Crippen LogP contribution is -2.71. The summed E-state index contributed by atoms with van der Waals surface area (Å²) in [7, 11) is 1.63. The molecule has 0 aromatic rings. The Morgan fingerprint density at radius 2 is 1.92 bits per heavy atom. The highest BCUT2D eigenvalue weighted by Gasteiger charge is 2.70. The summed E-state index contributed by atoms with van der Waals surface area (Å²) in [6.45, 7) is 8.28. The Balaban J connectivity index is 1.90. The van der Waals surface area contributed by atoms with Crippen LogP contribution in [0.5, 0.6) is 0 Å². The quantitative estimate of drug-likeness (QED) is 0.726. The number of ether oxygens (including phenoxy) is 2. The van der Waals surface area contributed by atoms with E-state index in [4.69, 9.17) is 9.47 Å². The summed E-state index contributed by atoms with van der Waals surface area (Å²) < 4.78 is 11.4. The van der Waals surface area contributed by atoms with Crippen molar-refractivity contribution in [2.75, 3.05) is 7.11 Å². The van der Waals surface area contributed by atoms with E-state index in [1.165, 1.54) is 0 Å². The van der Waals surface area contributed by atoms with E-state index in [0.717, 1.165) is 12.0 Å². The highest BCUT2D eigenvalue weighted by atomic mass is 16.5. The summed E-state index contributed by atoms with van der Waals surface area (Å²) >= 11 is 0. The number of rotatable bonds is 1. The van der Waals surface area contributed by atoms with E-state index in [9.17, 15) is 14.7 Å². The first-order valence-corrected chi connectivity index (χ1v) is 9.78. The van der Waals surface area contributed by atoms with E-state index in [1.54, 1.807) is 13.2 Å². The molecule has 144 valence electrons. The van der Waals surface area contributed by atoms with Crippen LogP contribution >= 0.6 is 0 Å². The van der Waals surface area contributed by atoms with Gasteiger partial charge in [-0.15, -0.1) is 0 Å². The summed E-state index contributed by atoms with van der Waals surface area (Å²) in [6.07, 6.45) is 2.27. The van der Waals surface area contributed by atoms with E-state index in [2.05, 4.69) is 20.8 Å². The smallest absolute Gasteiger partial charge is 0.306 e. The molecule has 1 N–H and O–H groups in total. The van der Waals surface area contributed by atoms with Gasteiger partial charge in [-0.2, -0.15) is 0 Å². The fourth-order valence-electron chi connectivity index (χ4n) is 7.20. The Kier molecular flexibility index (Phi) is 3.95. The third-order valence-corrected chi connectivity index (χ3v) is 8.39. The molecule has 1 heterocycles. The van der Waals surface area contributed by atoms with Gasteiger partial charge >= 0.3 is 5.97 Å². The molecule has 0 amide bonds. The van der Waals surface area contributed by atoms with E-state index >= 15 is 0 Å². The van der Waals surface area contributed by atoms with Crippen molar-refractivity contribution in [1.29, 1.82) is 0 Å². The zero-order valence-corrected chi connectivity index (χ0v) is 16.3. The van der Waals surface area contributed by atoms with Crippen molar-refractivity contribution >= 4 is 11.8 Å². The number of ketones is 1. The standard InChI is InChI=1S/C21H30O5/c1-10-6-14(22)18-20(3)13(10)9-17(23)26-16(20)8-12-11(2)7-15(25-5)19(24)21(12,18)4/h6,11-13,15-16,18-19,24H,7-9H2,1-5H3/t11-,12+,13+,15+,16-,18+,19-,20-,21+/m1/s1. The summed E-state index contributed by atoms with van der Waals surface area (Å²) in [6, 6.07) is 0. The van der Waals surface area contributed by atoms with Gasteiger partial charge in [0.05, 0.1) is 18.6 Å². The topological polar surface area (TPSA) is 72.8 Å². The van der Waals surface area contributed by atoms with Crippen molar-refractivity contribution < 1.29 is 24.2 Å². The molecule has 5 nitrogen and oxygen atoms in total. The van der Waals surface area contributed by atoms with Gasteiger partial charge in [0, 0.05) is 23.9 Å². The summed E-state index contributed by atoms with van der Waals surface area (Å²) in [5, 5.41) is 11.3. The molecule has 2 saturated carbocycles. The number of carbonyl (C=O) groups is 2. The highest BCUT2D eigenvalue weighted by molar-refractivity contribution is 5.95. The van der Waals surface area contributed by atoms with Crippen LogP contribution in [0, 0.1) is 34.5 Å². The lowest BCUT2D eigenvalue weighted by molar-refractivity contribution is -0.255. The predicted octanol–water partition coefficient (Wildman–Crippen LogP) is 2.51. The minimum absolute atomic E-state index is 0.000322. The van der Waals surface area contributed by atoms with Gasteiger partial charge in [0.15, 0.2) is 5.78 Å². The Morgan fingerprint density at radius 3 is 2.58 bits per heavy atom. The second-order valence-corrected chi connectivity index (χ2v) is 9.47. The molecule has 3 aliphatic carbocycles. The SMILES string of the molecule is CO[C@H]1C[C@@H](C)[C@@H]2C[C@H]3OC(=O)C[C@H]4C(C)=CC(=O)[C@@H]([C@@]34C)[C@@]2(C)[C@@H]1O. The first-order chi connectivity index (χ1) is 12.1. The molecule has 1 aliphatic heterocycles. The number of esters is 1. The van der Waals surface area contributed by atoms with Crippen LogP contribution in [0.3, 0.4) is 0 Å². The minimum Gasteiger partial charge on any atom is -0.462 e. The van der Waals surface area contributed by atoms with Gasteiger partial charge in [0.2, 0.25) is 0 Å². The predicted molar refractivity (Wildman–Crippen MR) is 95.1 cm³/mol. The summed E-state index contributed by atoms with van der Waals surface area (Å²) in [4.78, 5) is 25.6. The van der Waals surface area contributed by atoms with Crippen LogP contribution in [0.25, 0.3) is 0 Å². The molecule has 3 fully saturated rings. The first-order valence-electron chi connectivity index (χ1n) is 9.78. The maximum Gasteiger partial charge on any atom is 0.306 e. The monoisotopic (exact) mass is 362 g/mol. The second-order valence-electron chi connectivity index (χ2n) is 9.47. The van der Waals surface area contributed by atoms with E-state index in [0.29, 0.717) is 12.8 Å². The average Bonchev–Trinajstić information content (AvgIpc) is 2.56. The number of aliphatic hydroxyl groups is 1. The average molecular weight is 362 g/mol. The van der Waals surface area contributed by atoms with E-state index in [1.807, 2.05) is 6.92 Å². The van der Waals surface area contributed by atoms with Crippen LogP contribution in [0.15, 0.2) is 11.6 Å². The summed E-state index contributed by atoms with van der Waals surface area (Å²) in [5.41, 5.74) is -0.0789. The molecule has 0 spiro atoms. The zero-order valence-electron chi connectivity index (χ0n) is 16.3. The van der Waals surface area contributed by atoms with Gasteiger partial charge in [-0.25, -0.2) is 0 Å². The third kappa shape index (κ3) is 2.04. The van der Waals surface area contributed by atoms with Gasteiger partial charge < -0.3 is 14.6 Å². The minimum atomic E-state index is -0.703. The maximum absolute atomic E-state index is 13.3. The number of hydrogen-bond donors (Lipinski definition) is 1. The van der Waals surface area contributed by atoms with Gasteiger partial charge in [-0.05, 0) is 43.6 Å². The Hall–Kier alpha value is -1.20. The van der Waals surface area contributed by atoms with Crippen LogP contribution in [-0.4, -0.2) is 42.3 Å². The molecule has 0 unspecified atom stereocenters. The van der Waals surface area contributed by atoms with Crippen molar-refractivity contribution in [2.45, 2.75) is 65.3 Å². The lowest BCUT2D eigenvalue weighted by Gasteiger charge is -2.67. The molecule has 26 heavy (non-hydrogen) atoms. The molecule has 0 aromatic heterocycles. The van der Waals surface area contributed by atoms with E-state index < -0.39 is 16.9 Å². The molecule has 1 saturated heterocycles. The largest absolute Gasteiger partial charge is 0.462 e. The lowest BCUT2D eigenvalue weighted by atomic mass is 9.39. The molecule has 0 aromatic carbocycles. The zero-order chi connectivity index (χ0) is 19.0. The molecular formula is C21H30O5. The Morgan fingerprint density at radius 1 is 1.23 bits per heavy atom. The molecule has 9 atom stereocenters. The van der Waals surface area contributed by atoms with Gasteiger partial charge in [-0.3, -0.25) is 9.59 Å². The van der Waals surface area contributed by atoms with Crippen LogP contribution in [0.1, 0.15) is 47.0 Å². The van der Waals surface area contributed by atoms with Crippen molar-refractivity contribution in [3.8, 4) is 0 Å². The third-order valence-electron chi connectivity index (χ3n) is 8.39. The fourth-order valence-corrected chi connectivity index (χ4v) is 7.20. The van der Waals surface area contributed by atoms with Crippen molar-refractivity contribution in [3.05, 3.63) is 11.6 Å². The fraction of sp³-hybridized carbons (Fsp3) is 0.810. The number of hydrogen-bond acceptors (Lipinski definition) is 5. The van der Waals surface area contributed by atoms with Crippen LogP contribution in [-0.2, 0) is 19.1 Å².